The van der Waals surface area contributed by atoms with Gasteiger partial charge in [-0.1, -0.05) is 0 Å². The summed E-state index contributed by atoms with van der Waals surface area (Å²) in [7, 11) is 0. The molecule has 0 saturated carbocycles. The molecule has 0 aromatic heterocycles. The number of fused-ring (bicyclic) bond motifs is 1. The minimum Gasteiger partial charge on any atom is -0.507 e. The summed E-state index contributed by atoms with van der Waals surface area (Å²) in [6, 6.07) is 3.49. The molecule has 4 nitrogen and oxygen atoms in total. The van der Waals surface area contributed by atoms with Gasteiger partial charge in [-0.05, 0) is 31.6 Å². The lowest BCUT2D eigenvalue weighted by Gasteiger charge is -2.23. The van der Waals surface area contributed by atoms with Gasteiger partial charge in [0.05, 0.1) is 0 Å². The van der Waals surface area contributed by atoms with Crippen molar-refractivity contribution < 1.29 is 14.6 Å². The van der Waals surface area contributed by atoms with E-state index in [4.69, 9.17) is 9.47 Å². The van der Waals surface area contributed by atoms with Gasteiger partial charge in [0.1, 0.15) is 5.75 Å². The molecule has 1 fully saturated rings. The number of benzene rings is 1. The summed E-state index contributed by atoms with van der Waals surface area (Å²) < 4.78 is 10.9. The molecule has 1 saturated heterocycles. The van der Waals surface area contributed by atoms with E-state index >= 15 is 0 Å². The van der Waals surface area contributed by atoms with Crippen molar-refractivity contribution in [3.8, 4) is 17.2 Å². The molecular formula is C14H19NO3S. The van der Waals surface area contributed by atoms with E-state index in [9.17, 15) is 5.11 Å². The Morgan fingerprint density at radius 1 is 1.37 bits per heavy atom. The van der Waals surface area contributed by atoms with Crippen LogP contribution in [0.2, 0.25) is 0 Å². The molecule has 0 aliphatic carbocycles. The first-order valence-corrected chi connectivity index (χ1v) is 7.61. The number of nitrogens with one attached hydrogen (secondary N) is 1. The Bertz CT molecular complexity index is 472. The van der Waals surface area contributed by atoms with E-state index in [1.165, 1.54) is 18.6 Å². The number of phenols is 1. The molecule has 0 spiro atoms. The van der Waals surface area contributed by atoms with Crippen molar-refractivity contribution >= 4 is 11.8 Å². The Hall–Kier alpha value is -1.07. The van der Waals surface area contributed by atoms with Gasteiger partial charge in [0.25, 0.3) is 0 Å². The second kappa shape index (κ2) is 5.13. The molecule has 0 amide bonds. The van der Waals surface area contributed by atoms with E-state index in [0.29, 0.717) is 17.0 Å². The minimum atomic E-state index is 0.236. The molecule has 104 valence electrons. The zero-order valence-corrected chi connectivity index (χ0v) is 11.9. The lowest BCUT2D eigenvalue weighted by molar-refractivity contribution is 0.174. The third kappa shape index (κ3) is 2.77. The van der Waals surface area contributed by atoms with Gasteiger partial charge in [-0.15, -0.1) is 0 Å². The van der Waals surface area contributed by atoms with Crippen LogP contribution < -0.4 is 14.8 Å². The Balaban J connectivity index is 1.61. The highest BCUT2D eigenvalue weighted by molar-refractivity contribution is 8.00. The maximum Gasteiger partial charge on any atom is 0.231 e. The van der Waals surface area contributed by atoms with E-state index in [1.54, 1.807) is 6.07 Å². The van der Waals surface area contributed by atoms with E-state index in [0.717, 1.165) is 17.9 Å². The van der Waals surface area contributed by atoms with Crippen molar-refractivity contribution in [2.75, 3.05) is 19.1 Å². The van der Waals surface area contributed by atoms with Crippen molar-refractivity contribution in [1.82, 2.24) is 5.32 Å². The van der Waals surface area contributed by atoms with Crippen LogP contribution in [0.1, 0.15) is 25.3 Å². The minimum absolute atomic E-state index is 0.236. The largest absolute Gasteiger partial charge is 0.507 e. The van der Waals surface area contributed by atoms with Gasteiger partial charge < -0.3 is 19.9 Å². The van der Waals surface area contributed by atoms with E-state index in [1.807, 2.05) is 17.8 Å². The third-order valence-corrected chi connectivity index (χ3v) is 5.23. The first-order valence-electron chi connectivity index (χ1n) is 6.62. The number of phenolic OH excluding ortho intramolecular Hbond substituents is 1. The quantitative estimate of drug-likeness (QED) is 0.888. The summed E-state index contributed by atoms with van der Waals surface area (Å²) in [6.45, 7) is 4.15. The average Bonchev–Trinajstić information content (AvgIpc) is 2.98. The highest BCUT2D eigenvalue weighted by Crippen LogP contribution is 2.38. The fraction of sp³-hybridized carbons (Fsp3) is 0.571. The summed E-state index contributed by atoms with van der Waals surface area (Å²) in [5, 5.41) is 13.4. The Morgan fingerprint density at radius 2 is 2.16 bits per heavy atom. The van der Waals surface area contributed by atoms with Gasteiger partial charge in [-0.2, -0.15) is 11.8 Å². The van der Waals surface area contributed by atoms with Crippen LogP contribution in [-0.4, -0.2) is 28.9 Å². The molecule has 3 rings (SSSR count). The van der Waals surface area contributed by atoms with Crippen LogP contribution in [0.15, 0.2) is 12.1 Å². The zero-order valence-electron chi connectivity index (χ0n) is 11.1. The lowest BCUT2D eigenvalue weighted by atomic mass is 10.1. The van der Waals surface area contributed by atoms with Crippen LogP contribution in [0.5, 0.6) is 17.2 Å². The van der Waals surface area contributed by atoms with Gasteiger partial charge >= 0.3 is 0 Å². The molecule has 2 aliphatic heterocycles. The first kappa shape index (κ1) is 12.9. The van der Waals surface area contributed by atoms with Crippen LogP contribution in [-0.2, 0) is 6.54 Å². The number of ether oxygens (including phenoxy) is 2. The van der Waals surface area contributed by atoms with E-state index in [2.05, 4.69) is 12.2 Å². The van der Waals surface area contributed by atoms with Crippen molar-refractivity contribution in [3.05, 3.63) is 17.7 Å². The fourth-order valence-electron chi connectivity index (χ4n) is 2.55. The molecule has 1 unspecified atom stereocenters. The normalized spacial score (nSPS) is 24.9. The lowest BCUT2D eigenvalue weighted by Crippen LogP contribution is -2.32. The first-order chi connectivity index (χ1) is 9.16. The fourth-order valence-corrected chi connectivity index (χ4v) is 3.83. The molecule has 0 bridgehead atoms. The second-order valence-electron chi connectivity index (χ2n) is 5.34. The highest BCUT2D eigenvalue weighted by Gasteiger charge is 2.28. The monoisotopic (exact) mass is 281 g/mol. The Kier molecular flexibility index (Phi) is 3.50. The second-order valence-corrected chi connectivity index (χ2v) is 7.02. The number of rotatable bonds is 4. The molecule has 2 aliphatic rings. The maximum absolute atomic E-state index is 9.95. The molecule has 2 N–H and O–H groups in total. The summed E-state index contributed by atoms with van der Waals surface area (Å²) in [4.78, 5) is 0. The topological polar surface area (TPSA) is 50.7 Å². The van der Waals surface area contributed by atoms with Crippen LogP contribution in [0.25, 0.3) is 0 Å². The van der Waals surface area contributed by atoms with Crippen LogP contribution in [0, 0.1) is 0 Å². The van der Waals surface area contributed by atoms with Crippen molar-refractivity contribution in [2.24, 2.45) is 0 Å². The Morgan fingerprint density at radius 3 is 2.89 bits per heavy atom. The number of hydrogen-bond acceptors (Lipinski definition) is 5. The molecule has 1 atom stereocenters. The molecule has 0 radical (unpaired) electrons. The maximum atomic E-state index is 9.95. The van der Waals surface area contributed by atoms with Crippen molar-refractivity contribution in [2.45, 2.75) is 31.1 Å². The smallest absolute Gasteiger partial charge is 0.231 e. The van der Waals surface area contributed by atoms with E-state index < -0.39 is 0 Å². The van der Waals surface area contributed by atoms with Gasteiger partial charge in [0.2, 0.25) is 6.79 Å². The summed E-state index contributed by atoms with van der Waals surface area (Å²) in [5.41, 5.74) is 0.857. The standard InChI is InChI=1S/C14H19NO3S/c1-14(3-2-4-19-14)8-15-7-10-5-12-13(6-11(10)16)18-9-17-12/h5-6,15-16H,2-4,7-9H2,1H3. The van der Waals surface area contributed by atoms with Gasteiger partial charge in [0.15, 0.2) is 11.5 Å². The molecular weight excluding hydrogens is 262 g/mol. The number of thioether (sulfide) groups is 1. The average molecular weight is 281 g/mol. The molecule has 5 heteroatoms. The predicted octanol–water partition coefficient (Wildman–Crippen LogP) is 2.50. The summed E-state index contributed by atoms with van der Waals surface area (Å²) in [6.07, 6.45) is 2.57. The van der Waals surface area contributed by atoms with E-state index in [-0.39, 0.29) is 12.5 Å². The van der Waals surface area contributed by atoms with Crippen molar-refractivity contribution in [3.63, 3.8) is 0 Å². The highest BCUT2D eigenvalue weighted by atomic mass is 32.2. The van der Waals surface area contributed by atoms with Crippen molar-refractivity contribution in [1.29, 1.82) is 0 Å². The summed E-state index contributed by atoms with van der Waals surface area (Å²) >= 11 is 2.03. The third-order valence-electron chi connectivity index (χ3n) is 3.69. The Labute approximate surface area is 117 Å². The molecule has 19 heavy (non-hydrogen) atoms. The van der Waals surface area contributed by atoms with Gasteiger partial charge in [-0.25, -0.2) is 0 Å². The van der Waals surface area contributed by atoms with Crippen LogP contribution in [0.4, 0.5) is 0 Å². The molecule has 1 aromatic carbocycles. The number of hydrogen-bond donors (Lipinski definition) is 2. The van der Waals surface area contributed by atoms with Gasteiger partial charge in [-0.3, -0.25) is 0 Å². The van der Waals surface area contributed by atoms with Gasteiger partial charge in [0, 0.05) is 29.5 Å². The summed E-state index contributed by atoms with van der Waals surface area (Å²) in [5.74, 6) is 2.87. The zero-order chi connectivity index (χ0) is 13.3. The number of aromatic hydroxyl groups is 1. The predicted molar refractivity (Wildman–Crippen MR) is 76.0 cm³/mol. The molecule has 1 aromatic rings. The molecule has 2 heterocycles. The van der Waals surface area contributed by atoms with Crippen LogP contribution in [0.3, 0.4) is 0 Å². The van der Waals surface area contributed by atoms with Crippen LogP contribution >= 0.6 is 11.8 Å². The SMILES string of the molecule is CC1(CNCc2cc3c(cc2O)OCO3)CCCS1.